The SMILES string of the molecule is CC(CC(C)(c1ccc2cc(OC3CCC(C(C)(C)C)CC3)ccc2c1)[N+](=O)[O-])C(=O)O. The molecule has 0 saturated heterocycles. The summed E-state index contributed by atoms with van der Waals surface area (Å²) in [6.45, 7) is 9.93. The van der Waals surface area contributed by atoms with Crippen LogP contribution in [0, 0.1) is 27.4 Å². The number of rotatable bonds is 7. The normalized spacial score (nSPS) is 22.2. The van der Waals surface area contributed by atoms with E-state index in [-0.39, 0.29) is 17.4 Å². The van der Waals surface area contributed by atoms with Crippen LogP contribution in [0.15, 0.2) is 36.4 Å². The van der Waals surface area contributed by atoms with E-state index in [0.29, 0.717) is 11.0 Å². The molecule has 0 aliphatic heterocycles. The second-order valence-corrected chi connectivity index (χ2v) is 10.7. The second-order valence-electron chi connectivity index (χ2n) is 10.7. The van der Waals surface area contributed by atoms with Crippen LogP contribution in [0.3, 0.4) is 0 Å². The van der Waals surface area contributed by atoms with Crippen LogP contribution in [0.1, 0.15) is 72.3 Å². The number of ether oxygens (including phenoxy) is 1. The molecular weight excluding hydrogens is 406 g/mol. The van der Waals surface area contributed by atoms with Crippen molar-refractivity contribution in [2.24, 2.45) is 17.3 Å². The van der Waals surface area contributed by atoms with Gasteiger partial charge < -0.3 is 9.84 Å². The summed E-state index contributed by atoms with van der Waals surface area (Å²) in [5.74, 6) is -0.291. The molecule has 2 atom stereocenters. The first kappa shape index (κ1) is 24.0. The molecule has 174 valence electrons. The third-order valence-corrected chi connectivity index (χ3v) is 7.16. The van der Waals surface area contributed by atoms with E-state index in [1.165, 1.54) is 26.7 Å². The van der Waals surface area contributed by atoms with Crippen LogP contribution in [0.25, 0.3) is 10.8 Å². The van der Waals surface area contributed by atoms with Crippen LogP contribution in [-0.2, 0) is 10.3 Å². The summed E-state index contributed by atoms with van der Waals surface area (Å²) in [5, 5.41) is 22.9. The molecule has 1 saturated carbocycles. The van der Waals surface area contributed by atoms with Crippen molar-refractivity contribution in [2.75, 3.05) is 0 Å². The standard InChI is InChI=1S/C26H35NO5/c1-17(24(28)29)16-26(5,27(30)31)21-8-6-19-15-23(11-7-18(19)14-21)32-22-12-9-20(10-13-22)25(2,3)4/h6-8,11,14-15,17,20,22H,9-10,12-13,16H2,1-5H3,(H,28,29). The van der Waals surface area contributed by atoms with Gasteiger partial charge in [-0.1, -0.05) is 45.9 Å². The number of fused-ring (bicyclic) bond motifs is 1. The zero-order valence-electron chi connectivity index (χ0n) is 19.8. The summed E-state index contributed by atoms with van der Waals surface area (Å²) in [7, 11) is 0. The highest BCUT2D eigenvalue weighted by Crippen LogP contribution is 2.39. The highest BCUT2D eigenvalue weighted by Gasteiger charge is 2.42. The van der Waals surface area contributed by atoms with Gasteiger partial charge in [-0.3, -0.25) is 14.9 Å². The van der Waals surface area contributed by atoms with E-state index >= 15 is 0 Å². The van der Waals surface area contributed by atoms with Crippen molar-refractivity contribution in [2.45, 2.75) is 78.4 Å². The molecule has 1 aliphatic carbocycles. The first-order valence-corrected chi connectivity index (χ1v) is 11.5. The number of hydrogen-bond acceptors (Lipinski definition) is 4. The lowest BCUT2D eigenvalue weighted by molar-refractivity contribution is -0.577. The zero-order valence-corrected chi connectivity index (χ0v) is 19.8. The van der Waals surface area contributed by atoms with Gasteiger partial charge in [-0.05, 0) is 66.0 Å². The minimum atomic E-state index is -1.47. The Morgan fingerprint density at radius 2 is 1.69 bits per heavy atom. The molecule has 32 heavy (non-hydrogen) atoms. The number of carboxylic acids is 1. The average molecular weight is 442 g/mol. The number of aliphatic carboxylic acids is 1. The predicted octanol–water partition coefficient (Wildman–Crippen LogP) is 6.43. The van der Waals surface area contributed by atoms with Gasteiger partial charge in [0.1, 0.15) is 5.75 Å². The second kappa shape index (κ2) is 9.08. The van der Waals surface area contributed by atoms with E-state index in [1.807, 2.05) is 24.3 Å². The minimum Gasteiger partial charge on any atom is -0.490 e. The largest absolute Gasteiger partial charge is 0.490 e. The van der Waals surface area contributed by atoms with Crippen molar-refractivity contribution in [3.8, 4) is 5.75 Å². The summed E-state index contributed by atoms with van der Waals surface area (Å²) < 4.78 is 6.27. The highest BCUT2D eigenvalue weighted by molar-refractivity contribution is 5.84. The van der Waals surface area contributed by atoms with E-state index in [2.05, 4.69) is 20.8 Å². The Balaban J connectivity index is 1.76. The van der Waals surface area contributed by atoms with Crippen molar-refractivity contribution < 1.29 is 19.6 Å². The average Bonchev–Trinajstić information content (AvgIpc) is 2.72. The lowest BCUT2D eigenvalue weighted by atomic mass is 9.72. The molecule has 0 radical (unpaired) electrons. The maximum Gasteiger partial charge on any atom is 0.306 e. The zero-order chi connectivity index (χ0) is 23.7. The van der Waals surface area contributed by atoms with E-state index in [9.17, 15) is 20.0 Å². The fourth-order valence-corrected chi connectivity index (χ4v) is 4.85. The lowest BCUT2D eigenvalue weighted by Gasteiger charge is -2.37. The molecular formula is C26H35NO5. The molecule has 0 aromatic heterocycles. The van der Waals surface area contributed by atoms with Gasteiger partial charge in [-0.2, -0.15) is 0 Å². The van der Waals surface area contributed by atoms with Crippen LogP contribution in [0.5, 0.6) is 5.75 Å². The van der Waals surface area contributed by atoms with Crippen molar-refractivity contribution in [3.63, 3.8) is 0 Å². The van der Waals surface area contributed by atoms with Crippen LogP contribution in [0.4, 0.5) is 0 Å². The van der Waals surface area contributed by atoms with E-state index in [4.69, 9.17) is 4.74 Å². The summed E-state index contributed by atoms with van der Waals surface area (Å²) in [5.41, 5.74) is -0.615. The number of carbonyl (C=O) groups is 1. The van der Waals surface area contributed by atoms with Crippen molar-refractivity contribution >= 4 is 16.7 Å². The molecule has 1 aliphatic rings. The molecule has 2 unspecified atom stereocenters. The molecule has 2 aromatic rings. The van der Waals surface area contributed by atoms with Crippen molar-refractivity contribution in [3.05, 3.63) is 52.1 Å². The first-order chi connectivity index (χ1) is 14.9. The quantitative estimate of drug-likeness (QED) is 0.395. The highest BCUT2D eigenvalue weighted by atomic mass is 16.6. The molecule has 0 bridgehead atoms. The smallest absolute Gasteiger partial charge is 0.306 e. The number of nitro groups is 1. The third-order valence-electron chi connectivity index (χ3n) is 7.16. The van der Waals surface area contributed by atoms with E-state index < -0.39 is 17.4 Å². The van der Waals surface area contributed by atoms with E-state index in [1.54, 1.807) is 12.1 Å². The molecule has 6 nitrogen and oxygen atoms in total. The van der Waals surface area contributed by atoms with Gasteiger partial charge in [0.15, 0.2) is 0 Å². The molecule has 1 N–H and O–H groups in total. The summed E-state index contributed by atoms with van der Waals surface area (Å²) in [6.07, 6.45) is 4.63. The number of hydrogen-bond donors (Lipinski definition) is 1. The topological polar surface area (TPSA) is 89.7 Å². The van der Waals surface area contributed by atoms with Gasteiger partial charge in [0.25, 0.3) is 0 Å². The Labute approximate surface area is 190 Å². The van der Waals surface area contributed by atoms with Crippen LogP contribution in [0.2, 0.25) is 0 Å². The van der Waals surface area contributed by atoms with Gasteiger partial charge in [0.05, 0.1) is 12.0 Å². The molecule has 2 aromatic carbocycles. The number of nitrogens with zero attached hydrogens (tertiary/aromatic N) is 1. The summed E-state index contributed by atoms with van der Waals surface area (Å²) in [6, 6.07) is 11.2. The van der Waals surface area contributed by atoms with Crippen LogP contribution in [-0.4, -0.2) is 22.1 Å². The molecule has 6 heteroatoms. The van der Waals surface area contributed by atoms with Crippen LogP contribution < -0.4 is 4.74 Å². The Kier molecular flexibility index (Phi) is 6.82. The first-order valence-electron chi connectivity index (χ1n) is 11.5. The fraction of sp³-hybridized carbons (Fsp3) is 0.577. The maximum absolute atomic E-state index is 11.9. The summed E-state index contributed by atoms with van der Waals surface area (Å²) >= 11 is 0. The molecule has 0 spiro atoms. The molecule has 1 fully saturated rings. The Bertz CT molecular complexity index is 987. The Hall–Kier alpha value is -2.63. The van der Waals surface area contributed by atoms with Crippen molar-refractivity contribution in [1.29, 1.82) is 0 Å². The Morgan fingerprint density at radius 3 is 2.25 bits per heavy atom. The van der Waals surface area contributed by atoms with Gasteiger partial charge in [0, 0.05) is 23.8 Å². The van der Waals surface area contributed by atoms with Gasteiger partial charge >= 0.3 is 5.97 Å². The number of benzene rings is 2. The maximum atomic E-state index is 11.9. The van der Waals surface area contributed by atoms with E-state index in [0.717, 1.165) is 35.3 Å². The fourth-order valence-electron chi connectivity index (χ4n) is 4.85. The molecule has 0 amide bonds. The monoisotopic (exact) mass is 441 g/mol. The van der Waals surface area contributed by atoms with Gasteiger partial charge in [0.2, 0.25) is 5.54 Å². The van der Waals surface area contributed by atoms with Crippen LogP contribution >= 0.6 is 0 Å². The minimum absolute atomic E-state index is 0.0702. The van der Waals surface area contributed by atoms with Gasteiger partial charge in [-0.25, -0.2) is 0 Å². The molecule has 3 rings (SSSR count). The molecule has 0 heterocycles. The Morgan fingerprint density at radius 1 is 1.09 bits per heavy atom. The number of carboxylic acid groups (broad SMARTS) is 1. The third kappa shape index (κ3) is 5.22. The van der Waals surface area contributed by atoms with Gasteiger partial charge in [-0.15, -0.1) is 0 Å². The lowest BCUT2D eigenvalue weighted by Crippen LogP contribution is -2.35. The summed E-state index contributed by atoms with van der Waals surface area (Å²) in [4.78, 5) is 22.8. The predicted molar refractivity (Wildman–Crippen MR) is 126 cm³/mol. The van der Waals surface area contributed by atoms with Crippen molar-refractivity contribution in [1.82, 2.24) is 0 Å².